The Bertz CT molecular complexity index is 817. The van der Waals surface area contributed by atoms with Gasteiger partial charge in [0, 0.05) is 12.0 Å². The van der Waals surface area contributed by atoms with Gasteiger partial charge in [-0.05, 0) is 11.6 Å². The van der Waals surface area contributed by atoms with E-state index in [2.05, 4.69) is 10.1 Å². The first-order valence-corrected chi connectivity index (χ1v) is 8.20. The first kappa shape index (κ1) is 17.1. The normalized spacial score (nSPS) is 12.1. The molecular weight excluding hydrogens is 316 g/mol. The Morgan fingerprint density at radius 1 is 1.12 bits per heavy atom. The Morgan fingerprint density at radius 2 is 1.84 bits per heavy atom. The van der Waals surface area contributed by atoms with Gasteiger partial charge in [0.1, 0.15) is 11.6 Å². The molecule has 0 spiro atoms. The van der Waals surface area contributed by atoms with Crippen molar-refractivity contribution in [1.82, 2.24) is 14.8 Å². The summed E-state index contributed by atoms with van der Waals surface area (Å²) in [5, 5.41) is 13.9. The Hall–Kier alpha value is -2.70. The number of methoxy groups -OCH3 is 1. The van der Waals surface area contributed by atoms with Crippen molar-refractivity contribution in [2.75, 3.05) is 13.7 Å². The quantitative estimate of drug-likeness (QED) is 0.687. The highest BCUT2D eigenvalue weighted by molar-refractivity contribution is 5.35. The summed E-state index contributed by atoms with van der Waals surface area (Å²) in [5.41, 5.74) is 8.34. The number of benzene rings is 2. The molecule has 0 fully saturated rings. The molecular formula is C19H22N4O2. The molecule has 0 bridgehead atoms. The van der Waals surface area contributed by atoms with E-state index in [1.165, 1.54) is 0 Å². The highest BCUT2D eigenvalue weighted by Gasteiger charge is 2.19. The third-order valence-corrected chi connectivity index (χ3v) is 4.03. The largest absolute Gasteiger partial charge is 0.496 e. The summed E-state index contributed by atoms with van der Waals surface area (Å²) in [6.45, 7) is 0.334. The minimum absolute atomic E-state index is 0.0219. The van der Waals surface area contributed by atoms with Crippen LogP contribution in [-0.2, 0) is 13.0 Å². The van der Waals surface area contributed by atoms with Crippen LogP contribution in [0.1, 0.15) is 28.8 Å². The van der Waals surface area contributed by atoms with Crippen LogP contribution in [0.5, 0.6) is 5.75 Å². The van der Waals surface area contributed by atoms with Crippen LogP contribution in [0.25, 0.3) is 0 Å². The highest BCUT2D eigenvalue weighted by atomic mass is 16.5. The average molecular weight is 338 g/mol. The van der Waals surface area contributed by atoms with Gasteiger partial charge in [0.15, 0.2) is 5.82 Å². The molecule has 1 aromatic heterocycles. The van der Waals surface area contributed by atoms with E-state index >= 15 is 0 Å². The van der Waals surface area contributed by atoms with Gasteiger partial charge < -0.3 is 15.6 Å². The molecule has 2 aromatic carbocycles. The molecule has 1 heterocycles. The predicted molar refractivity (Wildman–Crippen MR) is 95.4 cm³/mol. The Morgan fingerprint density at radius 3 is 2.56 bits per heavy atom. The smallest absolute Gasteiger partial charge is 0.155 e. The number of nitrogens with two attached hydrogens (primary N) is 1. The van der Waals surface area contributed by atoms with Crippen molar-refractivity contribution >= 4 is 0 Å². The summed E-state index contributed by atoms with van der Waals surface area (Å²) in [4.78, 5) is 4.64. The Balaban J connectivity index is 1.92. The fraction of sp³-hybridized carbons (Fsp3) is 0.263. The van der Waals surface area contributed by atoms with E-state index in [1.807, 2.05) is 54.6 Å². The van der Waals surface area contributed by atoms with Crippen molar-refractivity contribution in [1.29, 1.82) is 0 Å². The molecule has 130 valence electrons. The maximum Gasteiger partial charge on any atom is 0.155 e. The lowest BCUT2D eigenvalue weighted by atomic mass is 10.1. The van der Waals surface area contributed by atoms with Crippen LogP contribution in [0.2, 0.25) is 0 Å². The zero-order valence-corrected chi connectivity index (χ0v) is 14.2. The fourth-order valence-electron chi connectivity index (χ4n) is 2.80. The van der Waals surface area contributed by atoms with Crippen LogP contribution in [0.3, 0.4) is 0 Å². The van der Waals surface area contributed by atoms with Crippen molar-refractivity contribution in [3.8, 4) is 5.75 Å². The Labute approximate surface area is 146 Å². The standard InChI is InChI=1S/C19H22N4O2/c1-25-16-10-6-5-9-15(16)13-17-21-19(23(22-17)11-12-24)18(20)14-7-3-2-4-8-14/h2-10,18,24H,11-13,20H2,1H3. The molecule has 0 aliphatic carbocycles. The van der Waals surface area contributed by atoms with Crippen molar-refractivity contribution < 1.29 is 9.84 Å². The van der Waals surface area contributed by atoms with Crippen molar-refractivity contribution in [3.05, 3.63) is 77.4 Å². The first-order chi connectivity index (χ1) is 12.2. The van der Waals surface area contributed by atoms with E-state index in [1.54, 1.807) is 11.8 Å². The second-order valence-electron chi connectivity index (χ2n) is 5.71. The monoisotopic (exact) mass is 338 g/mol. The van der Waals surface area contributed by atoms with Crippen LogP contribution in [0.4, 0.5) is 0 Å². The number of nitrogens with zero attached hydrogens (tertiary/aromatic N) is 3. The predicted octanol–water partition coefficient (Wildman–Crippen LogP) is 1.92. The molecule has 6 heteroatoms. The topological polar surface area (TPSA) is 86.2 Å². The molecule has 1 unspecified atom stereocenters. The molecule has 0 saturated carbocycles. The maximum absolute atomic E-state index is 9.33. The van der Waals surface area contributed by atoms with Crippen molar-refractivity contribution in [2.24, 2.45) is 5.73 Å². The number of rotatable bonds is 7. The number of hydrogen-bond donors (Lipinski definition) is 2. The molecule has 0 amide bonds. The van der Waals surface area contributed by atoms with Crippen LogP contribution in [0.15, 0.2) is 54.6 Å². The fourth-order valence-corrected chi connectivity index (χ4v) is 2.80. The third kappa shape index (κ3) is 3.87. The maximum atomic E-state index is 9.33. The summed E-state index contributed by atoms with van der Waals surface area (Å²) >= 11 is 0. The van der Waals surface area contributed by atoms with Gasteiger partial charge in [0.25, 0.3) is 0 Å². The SMILES string of the molecule is COc1ccccc1Cc1nc(C(N)c2ccccc2)n(CCO)n1. The van der Waals surface area contributed by atoms with E-state index < -0.39 is 6.04 Å². The summed E-state index contributed by atoms with van der Waals surface area (Å²) in [7, 11) is 1.65. The number of para-hydroxylation sites is 1. The second kappa shape index (κ2) is 7.92. The number of aromatic nitrogens is 3. The Kier molecular flexibility index (Phi) is 5.42. The van der Waals surface area contributed by atoms with Gasteiger partial charge in [0.2, 0.25) is 0 Å². The lowest BCUT2D eigenvalue weighted by Crippen LogP contribution is -2.19. The van der Waals surface area contributed by atoms with Gasteiger partial charge in [-0.2, -0.15) is 5.10 Å². The molecule has 0 saturated heterocycles. The van der Waals surface area contributed by atoms with Crippen molar-refractivity contribution in [2.45, 2.75) is 19.0 Å². The van der Waals surface area contributed by atoms with E-state index in [9.17, 15) is 5.11 Å². The summed E-state index contributed by atoms with van der Waals surface area (Å²) in [6, 6.07) is 17.1. The van der Waals surface area contributed by atoms with E-state index in [0.717, 1.165) is 16.9 Å². The molecule has 25 heavy (non-hydrogen) atoms. The minimum atomic E-state index is -0.397. The molecule has 3 rings (SSSR count). The van der Waals surface area contributed by atoms with Gasteiger partial charge in [-0.15, -0.1) is 0 Å². The number of hydrogen-bond acceptors (Lipinski definition) is 5. The molecule has 3 aromatic rings. The van der Waals surface area contributed by atoms with Crippen LogP contribution < -0.4 is 10.5 Å². The summed E-state index contributed by atoms with van der Waals surface area (Å²) in [6.07, 6.45) is 0.539. The van der Waals surface area contributed by atoms with Crippen LogP contribution in [0, 0.1) is 0 Å². The molecule has 0 radical (unpaired) electrons. The van der Waals surface area contributed by atoms with Gasteiger partial charge in [-0.25, -0.2) is 9.67 Å². The van der Waals surface area contributed by atoms with Gasteiger partial charge in [-0.1, -0.05) is 48.5 Å². The van der Waals surface area contributed by atoms with Crippen molar-refractivity contribution in [3.63, 3.8) is 0 Å². The van der Waals surface area contributed by atoms with E-state index in [4.69, 9.17) is 10.5 Å². The lowest BCUT2D eigenvalue weighted by Gasteiger charge is -2.12. The molecule has 3 N–H and O–H groups in total. The zero-order valence-electron chi connectivity index (χ0n) is 14.2. The molecule has 0 aliphatic heterocycles. The zero-order chi connectivity index (χ0) is 17.6. The number of ether oxygens (including phenoxy) is 1. The minimum Gasteiger partial charge on any atom is -0.496 e. The van der Waals surface area contributed by atoms with Crippen LogP contribution in [-0.4, -0.2) is 33.6 Å². The molecule has 0 aliphatic rings. The van der Waals surface area contributed by atoms with Crippen LogP contribution >= 0.6 is 0 Å². The number of aliphatic hydroxyl groups is 1. The molecule has 6 nitrogen and oxygen atoms in total. The average Bonchev–Trinajstić information content (AvgIpc) is 3.05. The highest BCUT2D eigenvalue weighted by Crippen LogP contribution is 2.22. The van der Waals surface area contributed by atoms with E-state index in [0.29, 0.717) is 24.6 Å². The van der Waals surface area contributed by atoms with Gasteiger partial charge >= 0.3 is 0 Å². The first-order valence-electron chi connectivity index (χ1n) is 8.20. The van der Waals surface area contributed by atoms with Gasteiger partial charge in [-0.3, -0.25) is 0 Å². The second-order valence-corrected chi connectivity index (χ2v) is 5.71. The summed E-state index contributed by atoms with van der Waals surface area (Å²) < 4.78 is 7.07. The van der Waals surface area contributed by atoms with E-state index in [-0.39, 0.29) is 6.61 Å². The number of aliphatic hydroxyl groups excluding tert-OH is 1. The van der Waals surface area contributed by atoms with Gasteiger partial charge in [0.05, 0.1) is 26.3 Å². The lowest BCUT2D eigenvalue weighted by molar-refractivity contribution is 0.266. The summed E-state index contributed by atoms with van der Waals surface area (Å²) in [5.74, 6) is 2.10. The third-order valence-electron chi connectivity index (χ3n) is 4.03. The molecule has 1 atom stereocenters.